The van der Waals surface area contributed by atoms with Gasteiger partial charge in [-0.1, -0.05) is 12.1 Å². The highest BCUT2D eigenvalue weighted by Gasteiger charge is 2.35. The first-order valence-electron chi connectivity index (χ1n) is 9.89. The Balaban J connectivity index is 1.29. The van der Waals surface area contributed by atoms with Crippen molar-refractivity contribution in [3.05, 3.63) is 42.5 Å². The maximum atomic E-state index is 12.5. The predicted octanol–water partition coefficient (Wildman–Crippen LogP) is 2.01. The van der Waals surface area contributed by atoms with Crippen LogP contribution in [0.5, 0.6) is 23.0 Å². The van der Waals surface area contributed by atoms with E-state index in [-0.39, 0.29) is 18.2 Å². The standard InChI is InChI=1S/C22H24N2O6/c1-27-17-4-2-3-5-18(17)28-9-8-23-22(26)15-12-21(25)24(14-15)16-6-7-19-20(13-16)30-11-10-29-19/h2-7,13,15H,8-12,14H2,1H3,(H,23,26)/t15-/m1/s1. The second kappa shape index (κ2) is 8.94. The zero-order chi connectivity index (χ0) is 20.9. The Morgan fingerprint density at radius 3 is 2.70 bits per heavy atom. The first-order chi connectivity index (χ1) is 14.7. The fourth-order valence-corrected chi connectivity index (χ4v) is 3.55. The van der Waals surface area contributed by atoms with Crippen molar-refractivity contribution in [1.82, 2.24) is 5.32 Å². The maximum absolute atomic E-state index is 12.5. The van der Waals surface area contributed by atoms with Gasteiger partial charge in [-0.15, -0.1) is 0 Å². The van der Waals surface area contributed by atoms with Crippen molar-refractivity contribution in [2.75, 3.05) is 44.9 Å². The van der Waals surface area contributed by atoms with Crippen LogP contribution in [-0.2, 0) is 9.59 Å². The average molecular weight is 412 g/mol. The largest absolute Gasteiger partial charge is 0.493 e. The number of carbonyl (C=O) groups excluding carboxylic acids is 2. The van der Waals surface area contributed by atoms with Crippen LogP contribution in [0.2, 0.25) is 0 Å². The van der Waals surface area contributed by atoms with Crippen molar-refractivity contribution in [3.8, 4) is 23.0 Å². The fourth-order valence-electron chi connectivity index (χ4n) is 3.55. The van der Waals surface area contributed by atoms with Crippen LogP contribution in [0, 0.1) is 5.92 Å². The van der Waals surface area contributed by atoms with Gasteiger partial charge in [0.05, 0.1) is 19.6 Å². The molecule has 0 aliphatic carbocycles. The summed E-state index contributed by atoms with van der Waals surface area (Å²) in [5.74, 6) is 1.89. The second-order valence-electron chi connectivity index (χ2n) is 7.02. The Bertz CT molecular complexity index is 932. The number of ether oxygens (including phenoxy) is 4. The SMILES string of the molecule is COc1ccccc1OCCNC(=O)[C@@H]1CC(=O)N(c2ccc3c(c2)OCCO3)C1. The molecule has 2 aromatic rings. The van der Waals surface area contributed by atoms with Gasteiger partial charge in [-0.25, -0.2) is 0 Å². The van der Waals surface area contributed by atoms with E-state index in [1.807, 2.05) is 30.3 Å². The minimum Gasteiger partial charge on any atom is -0.493 e. The van der Waals surface area contributed by atoms with Crippen LogP contribution in [0.3, 0.4) is 0 Å². The van der Waals surface area contributed by atoms with Crippen molar-refractivity contribution in [2.45, 2.75) is 6.42 Å². The van der Waals surface area contributed by atoms with Gasteiger partial charge in [-0.2, -0.15) is 0 Å². The third-order valence-electron chi connectivity index (χ3n) is 5.06. The van der Waals surface area contributed by atoms with E-state index in [4.69, 9.17) is 18.9 Å². The predicted molar refractivity (Wildman–Crippen MR) is 109 cm³/mol. The van der Waals surface area contributed by atoms with Crippen LogP contribution in [0.4, 0.5) is 5.69 Å². The number of methoxy groups -OCH3 is 1. The minimum absolute atomic E-state index is 0.0860. The zero-order valence-electron chi connectivity index (χ0n) is 16.8. The van der Waals surface area contributed by atoms with Crippen LogP contribution >= 0.6 is 0 Å². The van der Waals surface area contributed by atoms with E-state index in [0.717, 1.165) is 0 Å². The first kappa shape index (κ1) is 19.9. The molecule has 8 heteroatoms. The highest BCUT2D eigenvalue weighted by Crippen LogP contribution is 2.36. The molecule has 8 nitrogen and oxygen atoms in total. The van der Waals surface area contributed by atoms with E-state index >= 15 is 0 Å². The molecule has 4 rings (SSSR count). The number of para-hydroxylation sites is 2. The Morgan fingerprint density at radius 1 is 1.13 bits per heavy atom. The summed E-state index contributed by atoms with van der Waals surface area (Å²) in [6.07, 6.45) is 0.174. The molecule has 1 saturated heterocycles. The smallest absolute Gasteiger partial charge is 0.227 e. The lowest BCUT2D eigenvalue weighted by Crippen LogP contribution is -2.35. The van der Waals surface area contributed by atoms with Crippen LogP contribution in [0.15, 0.2) is 42.5 Å². The van der Waals surface area contributed by atoms with Gasteiger partial charge in [-0.05, 0) is 24.3 Å². The third kappa shape index (κ3) is 4.27. The zero-order valence-corrected chi connectivity index (χ0v) is 16.8. The highest BCUT2D eigenvalue weighted by molar-refractivity contribution is 6.00. The van der Waals surface area contributed by atoms with E-state index in [2.05, 4.69) is 5.32 Å². The van der Waals surface area contributed by atoms with E-state index < -0.39 is 5.92 Å². The number of hydrogen-bond donors (Lipinski definition) is 1. The molecule has 1 fully saturated rings. The Morgan fingerprint density at radius 2 is 1.90 bits per heavy atom. The number of amides is 2. The van der Waals surface area contributed by atoms with Gasteiger partial charge in [-0.3, -0.25) is 9.59 Å². The van der Waals surface area contributed by atoms with E-state index in [1.165, 1.54) is 0 Å². The van der Waals surface area contributed by atoms with Crippen LogP contribution in [0.1, 0.15) is 6.42 Å². The van der Waals surface area contributed by atoms with Gasteiger partial charge in [0.15, 0.2) is 23.0 Å². The topological polar surface area (TPSA) is 86.3 Å². The molecule has 2 amide bonds. The minimum atomic E-state index is -0.406. The molecular formula is C22H24N2O6. The van der Waals surface area contributed by atoms with Gasteiger partial charge in [0.25, 0.3) is 0 Å². The summed E-state index contributed by atoms with van der Waals surface area (Å²) in [6.45, 7) is 1.96. The Hall–Kier alpha value is -3.42. The molecule has 0 saturated carbocycles. The fraction of sp³-hybridized carbons (Fsp3) is 0.364. The quantitative estimate of drug-likeness (QED) is 0.701. The molecule has 2 aromatic carbocycles. The van der Waals surface area contributed by atoms with Crippen LogP contribution in [-0.4, -0.2) is 51.8 Å². The summed E-state index contributed by atoms with van der Waals surface area (Å²) in [6, 6.07) is 12.7. The average Bonchev–Trinajstić information content (AvgIpc) is 3.18. The monoisotopic (exact) mass is 412 g/mol. The number of benzene rings is 2. The molecule has 30 heavy (non-hydrogen) atoms. The summed E-state index contributed by atoms with van der Waals surface area (Å²) >= 11 is 0. The summed E-state index contributed by atoms with van der Waals surface area (Å²) in [5, 5.41) is 2.85. The molecule has 0 unspecified atom stereocenters. The van der Waals surface area contributed by atoms with Gasteiger partial charge in [0, 0.05) is 24.7 Å². The maximum Gasteiger partial charge on any atom is 0.227 e. The number of rotatable bonds is 7. The summed E-state index contributed by atoms with van der Waals surface area (Å²) in [7, 11) is 1.58. The van der Waals surface area contributed by atoms with Gasteiger partial charge < -0.3 is 29.2 Å². The molecule has 0 radical (unpaired) electrons. The van der Waals surface area contributed by atoms with Gasteiger partial charge in [0.2, 0.25) is 11.8 Å². The summed E-state index contributed by atoms with van der Waals surface area (Å²) in [4.78, 5) is 26.6. The van der Waals surface area contributed by atoms with Crippen molar-refractivity contribution < 1.29 is 28.5 Å². The number of hydrogen-bond acceptors (Lipinski definition) is 6. The van der Waals surface area contributed by atoms with E-state index in [9.17, 15) is 9.59 Å². The van der Waals surface area contributed by atoms with E-state index in [1.54, 1.807) is 24.1 Å². The number of carbonyl (C=O) groups is 2. The number of nitrogens with one attached hydrogen (secondary N) is 1. The molecular weight excluding hydrogens is 388 g/mol. The number of anilines is 1. The molecule has 2 aliphatic rings. The molecule has 158 valence electrons. The molecule has 2 heterocycles. The van der Waals surface area contributed by atoms with Crippen LogP contribution < -0.4 is 29.2 Å². The lowest BCUT2D eigenvalue weighted by molar-refractivity contribution is -0.126. The van der Waals surface area contributed by atoms with Crippen molar-refractivity contribution in [3.63, 3.8) is 0 Å². The normalized spacial score (nSPS) is 17.6. The third-order valence-corrected chi connectivity index (χ3v) is 5.06. The summed E-state index contributed by atoms with van der Waals surface area (Å²) < 4.78 is 22.0. The molecule has 0 bridgehead atoms. The number of fused-ring (bicyclic) bond motifs is 1. The highest BCUT2D eigenvalue weighted by atomic mass is 16.6. The van der Waals surface area contributed by atoms with Gasteiger partial charge in [0.1, 0.15) is 19.8 Å². The molecule has 0 aromatic heterocycles. The molecule has 2 aliphatic heterocycles. The first-order valence-corrected chi connectivity index (χ1v) is 9.89. The van der Waals surface area contributed by atoms with E-state index in [0.29, 0.717) is 61.6 Å². The van der Waals surface area contributed by atoms with Crippen molar-refractivity contribution in [2.24, 2.45) is 5.92 Å². The Labute approximate surface area is 174 Å². The van der Waals surface area contributed by atoms with Crippen molar-refractivity contribution >= 4 is 17.5 Å². The summed E-state index contributed by atoms with van der Waals surface area (Å²) in [5.41, 5.74) is 0.707. The Kier molecular flexibility index (Phi) is 5.92. The van der Waals surface area contributed by atoms with Crippen molar-refractivity contribution in [1.29, 1.82) is 0 Å². The second-order valence-corrected chi connectivity index (χ2v) is 7.02. The van der Waals surface area contributed by atoms with Crippen LogP contribution in [0.25, 0.3) is 0 Å². The van der Waals surface area contributed by atoms with Gasteiger partial charge >= 0.3 is 0 Å². The number of nitrogens with zero attached hydrogens (tertiary/aromatic N) is 1. The molecule has 1 N–H and O–H groups in total. The molecule has 0 spiro atoms. The molecule has 1 atom stereocenters. The lowest BCUT2D eigenvalue weighted by atomic mass is 10.1. The lowest BCUT2D eigenvalue weighted by Gasteiger charge is -2.22.